The lowest BCUT2D eigenvalue weighted by Gasteiger charge is -1.90. The summed E-state index contributed by atoms with van der Waals surface area (Å²) < 4.78 is 0. The minimum absolute atomic E-state index is 0.394. The van der Waals surface area contributed by atoms with E-state index < -0.39 is 5.97 Å². The molecular weight excluding hydrogens is 206 g/mol. The van der Waals surface area contributed by atoms with Gasteiger partial charge >= 0.3 is 5.97 Å². The predicted octanol–water partition coefficient (Wildman–Crippen LogP) is 2.45. The van der Waals surface area contributed by atoms with Gasteiger partial charge in [-0.3, -0.25) is 5.14 Å². The van der Waals surface area contributed by atoms with Gasteiger partial charge in [0, 0.05) is 5.25 Å². The molecule has 0 aliphatic rings. The van der Waals surface area contributed by atoms with Crippen LogP contribution in [-0.2, 0) is 0 Å². The van der Waals surface area contributed by atoms with Gasteiger partial charge in [-0.1, -0.05) is 31.9 Å². The minimum atomic E-state index is -0.847. The molecule has 0 fully saturated rings. The van der Waals surface area contributed by atoms with Crippen LogP contribution in [0.1, 0.15) is 23.5 Å². The van der Waals surface area contributed by atoms with Gasteiger partial charge in [-0.25, -0.2) is 4.79 Å². The highest BCUT2D eigenvalue weighted by Gasteiger charge is 1.99. The Morgan fingerprint density at radius 3 is 2.38 bits per heavy atom. The normalized spacial score (nSPS) is 9.23. The van der Waals surface area contributed by atoms with Crippen LogP contribution in [0.15, 0.2) is 17.5 Å². The first-order chi connectivity index (χ1) is 6.07. The maximum Gasteiger partial charge on any atom is 0.345 e. The summed E-state index contributed by atoms with van der Waals surface area (Å²) in [6.07, 6.45) is 0. The summed E-state index contributed by atoms with van der Waals surface area (Å²) in [5, 5.41) is 15.7. The molecule has 0 radical (unpaired) electrons. The topological polar surface area (TPSA) is 63.3 Å². The molecule has 0 atom stereocenters. The third-order valence-electron chi connectivity index (χ3n) is 1.00. The van der Waals surface area contributed by atoms with E-state index in [2.05, 4.69) is 13.8 Å². The van der Waals surface area contributed by atoms with Gasteiger partial charge in [0.25, 0.3) is 0 Å². The van der Waals surface area contributed by atoms with Crippen molar-refractivity contribution in [2.75, 3.05) is 0 Å². The number of carboxylic acids is 1. The van der Waals surface area contributed by atoms with E-state index in [-0.39, 0.29) is 0 Å². The first-order valence-corrected chi connectivity index (χ1v) is 5.52. The van der Waals surface area contributed by atoms with Crippen molar-refractivity contribution in [1.82, 2.24) is 0 Å². The molecule has 0 saturated heterocycles. The Morgan fingerprint density at radius 1 is 1.69 bits per heavy atom. The van der Waals surface area contributed by atoms with Crippen molar-refractivity contribution in [3.63, 3.8) is 0 Å². The SMILES string of the molecule is CC(C)SN.O=C(O)c1cccs1. The molecule has 0 saturated carbocycles. The molecule has 1 aromatic heterocycles. The summed E-state index contributed by atoms with van der Waals surface area (Å²) in [7, 11) is 0. The summed E-state index contributed by atoms with van der Waals surface area (Å²) >= 11 is 2.61. The zero-order valence-corrected chi connectivity index (χ0v) is 9.19. The van der Waals surface area contributed by atoms with E-state index in [1.165, 1.54) is 23.3 Å². The molecular formula is C8H13NO2S2. The molecule has 0 aliphatic heterocycles. The third kappa shape index (κ3) is 6.62. The maximum absolute atomic E-state index is 10.1. The lowest BCUT2D eigenvalue weighted by Crippen LogP contribution is -1.90. The molecule has 0 spiro atoms. The molecule has 13 heavy (non-hydrogen) atoms. The fourth-order valence-electron chi connectivity index (χ4n) is 0.400. The second-order valence-electron chi connectivity index (χ2n) is 2.47. The summed E-state index contributed by atoms with van der Waals surface area (Å²) in [5.74, 6) is -0.847. The second kappa shape index (κ2) is 6.94. The van der Waals surface area contributed by atoms with Gasteiger partial charge in [0.2, 0.25) is 0 Å². The lowest BCUT2D eigenvalue weighted by molar-refractivity contribution is 0.0702. The van der Waals surface area contributed by atoms with Crippen molar-refractivity contribution in [3.05, 3.63) is 22.4 Å². The van der Waals surface area contributed by atoms with Crippen LogP contribution >= 0.6 is 23.3 Å². The molecule has 3 N–H and O–H groups in total. The summed E-state index contributed by atoms with van der Waals surface area (Å²) in [5.41, 5.74) is 0. The first-order valence-electron chi connectivity index (χ1n) is 3.70. The molecule has 3 nitrogen and oxygen atoms in total. The average Bonchev–Trinajstić information content (AvgIpc) is 2.57. The van der Waals surface area contributed by atoms with E-state index in [1.807, 2.05) is 0 Å². The van der Waals surface area contributed by atoms with Crippen molar-refractivity contribution in [2.24, 2.45) is 5.14 Å². The van der Waals surface area contributed by atoms with Crippen LogP contribution < -0.4 is 5.14 Å². The van der Waals surface area contributed by atoms with Crippen molar-refractivity contribution in [3.8, 4) is 0 Å². The number of thiophene rings is 1. The number of carboxylic acid groups (broad SMARTS) is 1. The number of rotatable bonds is 2. The number of aromatic carboxylic acids is 1. The monoisotopic (exact) mass is 219 g/mol. The van der Waals surface area contributed by atoms with Crippen LogP contribution in [0.25, 0.3) is 0 Å². The fourth-order valence-corrected chi connectivity index (χ4v) is 0.962. The van der Waals surface area contributed by atoms with Gasteiger partial charge in [0.1, 0.15) is 4.88 Å². The van der Waals surface area contributed by atoms with E-state index in [9.17, 15) is 4.79 Å². The highest BCUT2D eigenvalue weighted by Crippen LogP contribution is 2.06. The van der Waals surface area contributed by atoms with E-state index >= 15 is 0 Å². The Kier molecular flexibility index (Phi) is 6.66. The minimum Gasteiger partial charge on any atom is -0.477 e. The van der Waals surface area contributed by atoms with Gasteiger partial charge < -0.3 is 5.11 Å². The van der Waals surface area contributed by atoms with E-state index in [1.54, 1.807) is 17.5 Å². The fraction of sp³-hybridized carbons (Fsp3) is 0.375. The molecule has 0 amide bonds. The molecule has 0 aromatic carbocycles. The Bertz CT molecular complexity index is 234. The van der Waals surface area contributed by atoms with Gasteiger partial charge in [0.15, 0.2) is 0 Å². The highest BCUT2D eigenvalue weighted by molar-refractivity contribution is 7.97. The number of hydrogen-bond donors (Lipinski definition) is 2. The summed E-state index contributed by atoms with van der Waals surface area (Å²) in [6.45, 7) is 4.12. The number of nitrogens with two attached hydrogens (primary N) is 1. The molecule has 74 valence electrons. The van der Waals surface area contributed by atoms with Gasteiger partial charge in [-0.05, 0) is 11.4 Å². The van der Waals surface area contributed by atoms with Crippen molar-refractivity contribution in [1.29, 1.82) is 0 Å². The standard InChI is InChI=1S/C5H4O2S.C3H9NS/c6-5(7)4-2-1-3-8-4;1-3(2)5-4/h1-3H,(H,6,7);3H,4H2,1-2H3. The molecule has 1 rings (SSSR count). The lowest BCUT2D eigenvalue weighted by atomic mass is 10.5. The number of carbonyl (C=O) groups is 1. The molecule has 0 bridgehead atoms. The Balaban J connectivity index is 0.000000252. The van der Waals surface area contributed by atoms with E-state index in [4.69, 9.17) is 10.2 Å². The van der Waals surface area contributed by atoms with Crippen LogP contribution in [0, 0.1) is 0 Å². The van der Waals surface area contributed by atoms with Gasteiger partial charge in [-0.2, -0.15) is 0 Å². The largest absolute Gasteiger partial charge is 0.477 e. The predicted molar refractivity (Wildman–Crippen MR) is 58.2 cm³/mol. The summed E-state index contributed by atoms with van der Waals surface area (Å²) in [4.78, 5) is 10.5. The molecule has 0 unspecified atom stereocenters. The van der Waals surface area contributed by atoms with E-state index in [0.29, 0.717) is 10.1 Å². The Labute approximate surface area is 86.1 Å². The van der Waals surface area contributed by atoms with Crippen LogP contribution in [0.3, 0.4) is 0 Å². The van der Waals surface area contributed by atoms with Crippen LogP contribution in [-0.4, -0.2) is 16.3 Å². The number of hydrogen-bond acceptors (Lipinski definition) is 4. The van der Waals surface area contributed by atoms with Gasteiger partial charge in [-0.15, -0.1) is 11.3 Å². The van der Waals surface area contributed by atoms with Crippen LogP contribution in [0.5, 0.6) is 0 Å². The van der Waals surface area contributed by atoms with Crippen LogP contribution in [0.4, 0.5) is 0 Å². The quantitative estimate of drug-likeness (QED) is 0.750. The smallest absolute Gasteiger partial charge is 0.345 e. The zero-order valence-electron chi connectivity index (χ0n) is 7.56. The Morgan fingerprint density at radius 2 is 2.23 bits per heavy atom. The van der Waals surface area contributed by atoms with Crippen LogP contribution in [0.2, 0.25) is 0 Å². The Hall–Kier alpha value is -0.520. The van der Waals surface area contributed by atoms with Crippen molar-refractivity contribution < 1.29 is 9.90 Å². The van der Waals surface area contributed by atoms with Crippen molar-refractivity contribution >= 4 is 29.3 Å². The molecule has 1 aromatic rings. The van der Waals surface area contributed by atoms with Crippen molar-refractivity contribution in [2.45, 2.75) is 19.1 Å². The molecule has 5 heteroatoms. The highest BCUT2D eigenvalue weighted by atomic mass is 32.2. The first kappa shape index (κ1) is 12.5. The second-order valence-corrected chi connectivity index (χ2v) is 4.63. The zero-order chi connectivity index (χ0) is 10.3. The van der Waals surface area contributed by atoms with Gasteiger partial charge in [0.05, 0.1) is 0 Å². The molecule has 1 heterocycles. The maximum atomic E-state index is 10.1. The summed E-state index contributed by atoms with van der Waals surface area (Å²) in [6, 6.07) is 3.29. The molecule has 0 aliphatic carbocycles. The van der Waals surface area contributed by atoms with E-state index in [0.717, 1.165) is 0 Å². The average molecular weight is 219 g/mol. The third-order valence-corrected chi connectivity index (χ3v) is 2.41.